The fourth-order valence-corrected chi connectivity index (χ4v) is 2.96. The van der Waals surface area contributed by atoms with E-state index in [1.165, 1.54) is 18.9 Å². The van der Waals surface area contributed by atoms with Crippen molar-refractivity contribution in [3.63, 3.8) is 0 Å². The summed E-state index contributed by atoms with van der Waals surface area (Å²) in [7, 11) is 1.35. The Hall–Kier alpha value is -1.86. The molecule has 2 rings (SSSR count). The van der Waals surface area contributed by atoms with Gasteiger partial charge in [-0.1, -0.05) is 37.2 Å². The molecular weight excluding hydrogens is 326 g/mol. The number of hydrogen-bond acceptors (Lipinski definition) is 7. The number of benzene rings is 1. The Balaban J connectivity index is 1.73. The summed E-state index contributed by atoms with van der Waals surface area (Å²) in [5.41, 5.74) is 4.59. The van der Waals surface area contributed by atoms with Crippen molar-refractivity contribution in [2.45, 2.75) is 26.2 Å². The van der Waals surface area contributed by atoms with Crippen molar-refractivity contribution in [1.29, 1.82) is 0 Å². The Morgan fingerprint density at radius 2 is 2.08 bits per heavy atom. The molecule has 0 saturated carbocycles. The number of ether oxygens (including phenoxy) is 1. The van der Waals surface area contributed by atoms with Gasteiger partial charge >= 0.3 is 5.97 Å². The summed E-state index contributed by atoms with van der Waals surface area (Å²) in [5.74, 6) is 0.135. The largest absolute Gasteiger partial charge is 0.465 e. The molecule has 6 nitrogen and oxygen atoms in total. The smallest absolute Gasteiger partial charge is 0.337 e. The number of nitrogens with one attached hydrogen (secondary N) is 1. The molecule has 0 bridgehead atoms. The molecule has 0 fully saturated rings. The first kappa shape index (κ1) is 18.5. The van der Waals surface area contributed by atoms with Crippen molar-refractivity contribution in [3.05, 3.63) is 35.4 Å². The van der Waals surface area contributed by atoms with Crippen molar-refractivity contribution in [2.24, 2.45) is 4.99 Å². The molecule has 0 aromatic heterocycles. The van der Waals surface area contributed by atoms with Crippen LogP contribution in [0.1, 0.15) is 35.7 Å². The molecule has 1 aromatic rings. The fourth-order valence-electron chi connectivity index (χ4n) is 2.21. The molecule has 1 aliphatic heterocycles. The van der Waals surface area contributed by atoms with Crippen molar-refractivity contribution in [1.82, 2.24) is 10.4 Å². The van der Waals surface area contributed by atoms with E-state index in [1.54, 1.807) is 24.3 Å². The number of rotatable bonds is 8. The van der Waals surface area contributed by atoms with Gasteiger partial charge in [-0.15, -0.1) is 0 Å². The molecule has 24 heavy (non-hydrogen) atoms. The number of Topliss-reactive ketones (excluding diaryl/α,β-unsaturated/α-hetero) is 1. The standard InChI is InChI=1S/C17H23N3O3S/c1-3-4-9-20-12-18-17(19-20)24-11-15(21)10-13-5-7-14(8-6-13)16(22)23-2/h5-8H,3-4,9-12H2,1-2H3,(H,18,19). The minimum absolute atomic E-state index is 0.127. The predicted molar refractivity (Wildman–Crippen MR) is 96.0 cm³/mol. The molecule has 1 aromatic carbocycles. The first-order valence-electron chi connectivity index (χ1n) is 8.00. The van der Waals surface area contributed by atoms with Crippen LogP contribution in [0.2, 0.25) is 0 Å². The number of thioether (sulfide) groups is 1. The molecular formula is C17H23N3O3S. The number of methoxy groups -OCH3 is 1. The van der Waals surface area contributed by atoms with Crippen LogP contribution in [0.25, 0.3) is 0 Å². The third-order valence-electron chi connectivity index (χ3n) is 3.57. The SMILES string of the molecule is CCCCN1CN=C(SCC(=O)Cc2ccc(C(=O)OC)cc2)N1. The van der Waals surface area contributed by atoms with Gasteiger partial charge in [0.2, 0.25) is 0 Å². The van der Waals surface area contributed by atoms with Crippen LogP contribution in [-0.4, -0.2) is 48.0 Å². The molecule has 0 radical (unpaired) electrons. The van der Waals surface area contributed by atoms with Crippen molar-refractivity contribution in [3.8, 4) is 0 Å². The van der Waals surface area contributed by atoms with Gasteiger partial charge in [0.25, 0.3) is 0 Å². The quantitative estimate of drug-likeness (QED) is 0.726. The Bertz CT molecular complexity index is 602. The average Bonchev–Trinajstić information content (AvgIpc) is 3.06. The van der Waals surface area contributed by atoms with Crippen LogP contribution in [-0.2, 0) is 16.0 Å². The summed E-state index contributed by atoms with van der Waals surface area (Å²) in [6, 6.07) is 6.92. The van der Waals surface area contributed by atoms with E-state index in [4.69, 9.17) is 0 Å². The van der Waals surface area contributed by atoms with E-state index in [1.807, 2.05) is 0 Å². The van der Waals surface area contributed by atoms with Crippen molar-refractivity contribution >= 4 is 28.7 Å². The van der Waals surface area contributed by atoms with Gasteiger partial charge in [-0.3, -0.25) is 10.2 Å². The number of nitrogens with zero attached hydrogens (tertiary/aromatic N) is 2. The normalized spacial score (nSPS) is 14.2. The Kier molecular flexibility index (Phi) is 7.27. The number of hydrazine groups is 1. The van der Waals surface area contributed by atoms with E-state index in [2.05, 4.69) is 27.1 Å². The average molecular weight is 349 g/mol. The number of aliphatic imine (C=N–C) groups is 1. The van der Waals surface area contributed by atoms with Gasteiger partial charge in [0, 0.05) is 13.0 Å². The van der Waals surface area contributed by atoms with E-state index in [0.717, 1.165) is 30.1 Å². The maximum atomic E-state index is 12.1. The molecule has 130 valence electrons. The van der Waals surface area contributed by atoms with Gasteiger partial charge in [-0.2, -0.15) is 0 Å². The minimum Gasteiger partial charge on any atom is -0.465 e. The van der Waals surface area contributed by atoms with Crippen LogP contribution in [0, 0.1) is 0 Å². The second-order valence-corrected chi connectivity index (χ2v) is 6.49. The van der Waals surface area contributed by atoms with Crippen LogP contribution >= 0.6 is 11.8 Å². The number of amidine groups is 1. The summed E-state index contributed by atoms with van der Waals surface area (Å²) >= 11 is 1.43. The second-order valence-electron chi connectivity index (χ2n) is 5.53. The van der Waals surface area contributed by atoms with E-state index in [9.17, 15) is 9.59 Å². The van der Waals surface area contributed by atoms with Crippen molar-refractivity contribution in [2.75, 3.05) is 26.1 Å². The highest BCUT2D eigenvalue weighted by Gasteiger charge is 2.15. The fraction of sp³-hybridized carbons (Fsp3) is 0.471. The van der Waals surface area contributed by atoms with E-state index in [0.29, 0.717) is 24.4 Å². The summed E-state index contributed by atoms with van der Waals surface area (Å²) in [5, 5.41) is 2.86. The molecule has 0 amide bonds. The third-order valence-corrected chi connectivity index (χ3v) is 4.53. The maximum absolute atomic E-state index is 12.1. The zero-order chi connectivity index (χ0) is 17.4. The van der Waals surface area contributed by atoms with Gasteiger partial charge < -0.3 is 4.74 Å². The van der Waals surface area contributed by atoms with Gasteiger partial charge in [0.05, 0.1) is 18.4 Å². The van der Waals surface area contributed by atoms with Crippen molar-refractivity contribution < 1.29 is 14.3 Å². The first-order valence-corrected chi connectivity index (χ1v) is 8.98. The Morgan fingerprint density at radius 3 is 2.75 bits per heavy atom. The van der Waals surface area contributed by atoms with Gasteiger partial charge in [0.1, 0.15) is 12.5 Å². The molecule has 0 spiro atoms. The topological polar surface area (TPSA) is 71.0 Å². The molecule has 1 aliphatic rings. The molecule has 7 heteroatoms. The number of ketones is 1. The van der Waals surface area contributed by atoms with Crippen LogP contribution < -0.4 is 5.43 Å². The lowest BCUT2D eigenvalue weighted by atomic mass is 10.1. The lowest BCUT2D eigenvalue weighted by Crippen LogP contribution is -2.35. The summed E-state index contributed by atoms with van der Waals surface area (Å²) in [6.07, 6.45) is 2.62. The molecule has 0 unspecified atom stereocenters. The lowest BCUT2D eigenvalue weighted by Gasteiger charge is -2.14. The van der Waals surface area contributed by atoms with Crippen LogP contribution in [0.5, 0.6) is 0 Å². The molecule has 1 heterocycles. The zero-order valence-electron chi connectivity index (χ0n) is 14.1. The zero-order valence-corrected chi connectivity index (χ0v) is 14.9. The van der Waals surface area contributed by atoms with E-state index in [-0.39, 0.29) is 11.8 Å². The van der Waals surface area contributed by atoms with Gasteiger partial charge in [-0.05, 0) is 24.1 Å². The van der Waals surface area contributed by atoms with Gasteiger partial charge in [0.15, 0.2) is 5.17 Å². The van der Waals surface area contributed by atoms with Gasteiger partial charge in [-0.25, -0.2) is 14.8 Å². The highest BCUT2D eigenvalue weighted by molar-refractivity contribution is 8.14. The third kappa shape index (κ3) is 5.65. The Morgan fingerprint density at radius 1 is 1.33 bits per heavy atom. The number of hydrogen-bond donors (Lipinski definition) is 1. The first-order chi connectivity index (χ1) is 11.6. The Labute approximate surface area is 146 Å². The highest BCUT2D eigenvalue weighted by Crippen LogP contribution is 2.12. The predicted octanol–water partition coefficient (Wildman–Crippen LogP) is 2.25. The number of unbranched alkanes of at least 4 members (excludes halogenated alkanes) is 1. The second kappa shape index (κ2) is 9.44. The number of carbonyl (C=O) groups excluding carboxylic acids is 2. The molecule has 0 atom stereocenters. The highest BCUT2D eigenvalue weighted by atomic mass is 32.2. The van der Waals surface area contributed by atoms with Crippen LogP contribution in [0.15, 0.2) is 29.3 Å². The minimum atomic E-state index is -0.374. The lowest BCUT2D eigenvalue weighted by molar-refractivity contribution is -0.115. The van der Waals surface area contributed by atoms with Crippen LogP contribution in [0.4, 0.5) is 0 Å². The molecule has 0 saturated heterocycles. The number of esters is 1. The molecule has 1 N–H and O–H groups in total. The molecule has 0 aliphatic carbocycles. The summed E-state index contributed by atoms with van der Waals surface area (Å²) in [4.78, 5) is 27.8. The monoisotopic (exact) mass is 349 g/mol. The number of carbonyl (C=O) groups is 2. The van der Waals surface area contributed by atoms with E-state index < -0.39 is 0 Å². The van der Waals surface area contributed by atoms with Crippen LogP contribution in [0.3, 0.4) is 0 Å². The summed E-state index contributed by atoms with van der Waals surface area (Å²) < 4.78 is 4.65. The van der Waals surface area contributed by atoms with E-state index >= 15 is 0 Å². The maximum Gasteiger partial charge on any atom is 0.337 e. The summed E-state index contributed by atoms with van der Waals surface area (Å²) in [6.45, 7) is 3.76.